The number of nitrogens with zero attached hydrogens (tertiary/aromatic N) is 3. The lowest BCUT2D eigenvalue weighted by atomic mass is 10.2. The Morgan fingerprint density at radius 1 is 1.19 bits per heavy atom. The number of benzene rings is 1. The number of aromatic nitrogens is 2. The minimum atomic E-state index is -4.60. The second-order valence-electron chi connectivity index (χ2n) is 6.10. The summed E-state index contributed by atoms with van der Waals surface area (Å²) in [5.74, 6) is 0.226. The van der Waals surface area contributed by atoms with Crippen molar-refractivity contribution in [1.29, 1.82) is 0 Å². The van der Waals surface area contributed by atoms with Crippen LogP contribution in [0.2, 0.25) is 0 Å². The van der Waals surface area contributed by atoms with Crippen molar-refractivity contribution in [3.63, 3.8) is 0 Å². The molecular formula is C19H24F3N3O2. The molecule has 2 rings (SSSR count). The van der Waals surface area contributed by atoms with Crippen molar-refractivity contribution in [1.82, 2.24) is 9.97 Å². The van der Waals surface area contributed by atoms with Crippen molar-refractivity contribution in [2.24, 2.45) is 0 Å². The Kier molecular flexibility index (Phi) is 6.87. The van der Waals surface area contributed by atoms with Gasteiger partial charge in [-0.3, -0.25) is 0 Å². The Balaban J connectivity index is 2.42. The fraction of sp³-hybridized carbons (Fsp3) is 0.474. The van der Waals surface area contributed by atoms with Crippen molar-refractivity contribution >= 4 is 11.6 Å². The fourth-order valence-electron chi connectivity index (χ4n) is 2.25. The molecule has 148 valence electrons. The minimum absolute atomic E-state index is 0.0915. The number of ether oxygens (including phenoxy) is 2. The van der Waals surface area contributed by atoms with Crippen LogP contribution < -0.4 is 14.4 Å². The molecule has 0 aliphatic rings. The first-order valence-corrected chi connectivity index (χ1v) is 8.84. The van der Waals surface area contributed by atoms with Crippen LogP contribution in [0.25, 0.3) is 0 Å². The van der Waals surface area contributed by atoms with Crippen LogP contribution in [0.5, 0.6) is 11.6 Å². The van der Waals surface area contributed by atoms with Gasteiger partial charge in [-0.2, -0.15) is 18.2 Å². The largest absolute Gasteiger partial charge is 0.491 e. The van der Waals surface area contributed by atoms with Gasteiger partial charge in [0.25, 0.3) is 0 Å². The molecule has 0 fully saturated rings. The SMILES string of the molecule is CCCOc1ccccc1N(C)c1ncc(C(F)(F)F)c(OC(C)CC)n1. The Hall–Kier alpha value is -2.51. The van der Waals surface area contributed by atoms with Crippen LogP contribution in [0.3, 0.4) is 0 Å². The van der Waals surface area contributed by atoms with Crippen molar-refractivity contribution in [3.8, 4) is 11.6 Å². The van der Waals surface area contributed by atoms with Gasteiger partial charge in [-0.25, -0.2) is 4.98 Å². The molecule has 27 heavy (non-hydrogen) atoms. The highest BCUT2D eigenvalue weighted by Gasteiger charge is 2.37. The summed E-state index contributed by atoms with van der Waals surface area (Å²) in [6.45, 7) is 6.04. The topological polar surface area (TPSA) is 47.5 Å². The maximum absolute atomic E-state index is 13.3. The predicted octanol–water partition coefficient (Wildman–Crippen LogP) is 5.23. The van der Waals surface area contributed by atoms with Gasteiger partial charge in [-0.05, 0) is 31.9 Å². The highest BCUT2D eigenvalue weighted by Crippen LogP contribution is 2.37. The summed E-state index contributed by atoms with van der Waals surface area (Å²) in [6.07, 6.45) is -2.85. The average Bonchev–Trinajstić information content (AvgIpc) is 2.65. The van der Waals surface area contributed by atoms with Crippen LogP contribution >= 0.6 is 0 Å². The molecule has 0 radical (unpaired) electrons. The smallest absolute Gasteiger partial charge is 0.423 e. The Morgan fingerprint density at radius 3 is 2.52 bits per heavy atom. The second-order valence-corrected chi connectivity index (χ2v) is 6.10. The molecule has 1 atom stereocenters. The highest BCUT2D eigenvalue weighted by atomic mass is 19.4. The van der Waals surface area contributed by atoms with Gasteiger partial charge in [0.1, 0.15) is 11.3 Å². The van der Waals surface area contributed by atoms with E-state index in [-0.39, 0.29) is 5.95 Å². The quantitative estimate of drug-likeness (QED) is 0.625. The zero-order valence-corrected chi connectivity index (χ0v) is 15.9. The monoisotopic (exact) mass is 383 g/mol. The summed E-state index contributed by atoms with van der Waals surface area (Å²) in [5, 5.41) is 0. The summed E-state index contributed by atoms with van der Waals surface area (Å²) in [5.41, 5.74) is -0.337. The van der Waals surface area contributed by atoms with Gasteiger partial charge in [-0.1, -0.05) is 26.0 Å². The predicted molar refractivity (Wildman–Crippen MR) is 97.7 cm³/mol. The number of para-hydroxylation sites is 2. The fourth-order valence-corrected chi connectivity index (χ4v) is 2.25. The maximum Gasteiger partial charge on any atom is 0.423 e. The molecule has 0 N–H and O–H groups in total. The van der Waals surface area contributed by atoms with Crippen LogP contribution in [0.15, 0.2) is 30.5 Å². The molecule has 0 amide bonds. The molecule has 0 aliphatic carbocycles. The molecule has 0 bridgehead atoms. The van der Waals surface area contributed by atoms with Crippen molar-refractivity contribution in [3.05, 3.63) is 36.0 Å². The van der Waals surface area contributed by atoms with E-state index in [1.165, 1.54) is 0 Å². The molecule has 0 spiro atoms. The lowest BCUT2D eigenvalue weighted by molar-refractivity contribution is -0.139. The summed E-state index contributed by atoms with van der Waals surface area (Å²) in [7, 11) is 1.67. The third kappa shape index (κ3) is 5.24. The number of rotatable bonds is 8. The van der Waals surface area contributed by atoms with E-state index < -0.39 is 23.7 Å². The van der Waals surface area contributed by atoms with E-state index in [9.17, 15) is 13.2 Å². The van der Waals surface area contributed by atoms with E-state index in [1.54, 1.807) is 31.0 Å². The number of hydrogen-bond donors (Lipinski definition) is 0. The van der Waals surface area contributed by atoms with Gasteiger partial charge in [0.15, 0.2) is 0 Å². The Labute approximate surface area is 157 Å². The number of halogens is 3. The van der Waals surface area contributed by atoms with Crippen LogP contribution in [0.4, 0.5) is 24.8 Å². The van der Waals surface area contributed by atoms with E-state index in [1.807, 2.05) is 26.0 Å². The summed E-state index contributed by atoms with van der Waals surface area (Å²) < 4.78 is 50.9. The number of hydrogen-bond acceptors (Lipinski definition) is 5. The lowest BCUT2D eigenvalue weighted by Gasteiger charge is -2.22. The van der Waals surface area contributed by atoms with Crippen LogP contribution in [-0.4, -0.2) is 29.7 Å². The van der Waals surface area contributed by atoms with Gasteiger partial charge in [0.05, 0.1) is 18.4 Å². The van der Waals surface area contributed by atoms with E-state index in [0.717, 1.165) is 12.6 Å². The van der Waals surface area contributed by atoms with Crippen molar-refractivity contribution in [2.75, 3.05) is 18.6 Å². The molecule has 0 saturated carbocycles. The zero-order chi connectivity index (χ0) is 20.0. The van der Waals surface area contributed by atoms with E-state index in [2.05, 4.69) is 9.97 Å². The first-order valence-electron chi connectivity index (χ1n) is 8.84. The second kappa shape index (κ2) is 8.92. The van der Waals surface area contributed by atoms with Gasteiger partial charge in [0.2, 0.25) is 11.8 Å². The number of anilines is 2. The minimum Gasteiger partial charge on any atom is -0.491 e. The van der Waals surface area contributed by atoms with E-state index in [4.69, 9.17) is 9.47 Å². The first kappa shape index (κ1) is 20.8. The maximum atomic E-state index is 13.3. The normalized spacial score (nSPS) is 12.6. The van der Waals surface area contributed by atoms with E-state index >= 15 is 0 Å². The average molecular weight is 383 g/mol. The molecule has 1 aromatic carbocycles. The molecule has 0 aliphatic heterocycles. The molecular weight excluding hydrogens is 359 g/mol. The molecule has 5 nitrogen and oxygen atoms in total. The lowest BCUT2D eigenvalue weighted by Crippen LogP contribution is -2.20. The Morgan fingerprint density at radius 2 is 1.89 bits per heavy atom. The van der Waals surface area contributed by atoms with Gasteiger partial charge in [-0.15, -0.1) is 0 Å². The standard InChI is InChI=1S/C19H24F3N3O2/c1-5-11-26-16-10-8-7-9-15(16)25(4)18-23-12-14(19(20,21)22)17(24-18)27-13(3)6-2/h7-10,12-13H,5-6,11H2,1-4H3. The van der Waals surface area contributed by atoms with Gasteiger partial charge in [0, 0.05) is 13.2 Å². The molecule has 1 unspecified atom stereocenters. The van der Waals surface area contributed by atoms with Crippen LogP contribution in [-0.2, 0) is 6.18 Å². The van der Waals surface area contributed by atoms with Crippen molar-refractivity contribution < 1.29 is 22.6 Å². The number of alkyl halides is 3. The molecule has 0 saturated heterocycles. The molecule has 8 heteroatoms. The molecule has 1 aromatic heterocycles. The summed E-state index contributed by atoms with van der Waals surface area (Å²) in [6, 6.07) is 7.22. The van der Waals surface area contributed by atoms with Crippen molar-refractivity contribution in [2.45, 2.75) is 45.9 Å². The highest BCUT2D eigenvalue weighted by molar-refractivity contribution is 5.65. The Bertz CT molecular complexity index is 753. The van der Waals surface area contributed by atoms with E-state index in [0.29, 0.717) is 24.5 Å². The third-order valence-electron chi connectivity index (χ3n) is 3.92. The summed E-state index contributed by atoms with van der Waals surface area (Å²) >= 11 is 0. The summed E-state index contributed by atoms with van der Waals surface area (Å²) in [4.78, 5) is 9.52. The van der Waals surface area contributed by atoms with Crippen LogP contribution in [0, 0.1) is 0 Å². The third-order valence-corrected chi connectivity index (χ3v) is 3.92. The van der Waals surface area contributed by atoms with Gasteiger partial charge < -0.3 is 14.4 Å². The first-order chi connectivity index (χ1) is 12.8. The molecule has 2 aromatic rings. The zero-order valence-electron chi connectivity index (χ0n) is 15.9. The van der Waals surface area contributed by atoms with Crippen LogP contribution in [0.1, 0.15) is 39.2 Å². The molecule has 1 heterocycles. The van der Waals surface area contributed by atoms with Gasteiger partial charge >= 0.3 is 6.18 Å².